The lowest BCUT2D eigenvalue weighted by Crippen LogP contribution is -2.46. The number of nitrogens with zero attached hydrogens (tertiary/aromatic N) is 4. The Morgan fingerprint density at radius 1 is 1.09 bits per heavy atom. The molecule has 1 unspecified atom stereocenters. The highest BCUT2D eigenvalue weighted by Gasteiger charge is 2.55. The topological polar surface area (TPSA) is 191 Å². The minimum atomic E-state index is -0.647. The number of azide groups is 1. The van der Waals surface area contributed by atoms with Crippen LogP contribution in [0.3, 0.4) is 0 Å². The van der Waals surface area contributed by atoms with Crippen LogP contribution in [0.15, 0.2) is 41.1 Å². The van der Waals surface area contributed by atoms with Crippen LogP contribution >= 0.6 is 0 Å². The average molecular weight is 775 g/mol. The van der Waals surface area contributed by atoms with Crippen LogP contribution in [0, 0.1) is 17.8 Å². The van der Waals surface area contributed by atoms with Gasteiger partial charge in [-0.1, -0.05) is 35.8 Å². The molecule has 0 aromatic rings. The first-order valence-corrected chi connectivity index (χ1v) is 19.9. The van der Waals surface area contributed by atoms with E-state index in [0.29, 0.717) is 98.2 Å². The van der Waals surface area contributed by atoms with Crippen molar-refractivity contribution in [3.05, 3.63) is 46.4 Å². The van der Waals surface area contributed by atoms with Crippen LogP contribution in [0.4, 0.5) is 4.79 Å². The van der Waals surface area contributed by atoms with E-state index in [1.165, 1.54) is 6.08 Å². The summed E-state index contributed by atoms with van der Waals surface area (Å²) in [5.74, 6) is 0.224. The summed E-state index contributed by atoms with van der Waals surface area (Å²) in [6, 6.07) is 0. The lowest BCUT2D eigenvalue weighted by atomic mass is 9.81. The molecular formula is C40H62N4O11. The molecule has 4 aliphatic rings. The van der Waals surface area contributed by atoms with E-state index in [4.69, 9.17) is 38.7 Å². The van der Waals surface area contributed by atoms with Crippen LogP contribution in [-0.4, -0.2) is 136 Å². The molecule has 1 N–H and O–H groups in total. The lowest BCUT2D eigenvalue weighted by Gasteiger charge is -2.38. The van der Waals surface area contributed by atoms with Gasteiger partial charge in [-0.25, -0.2) is 4.79 Å². The molecule has 4 fully saturated rings. The molecule has 0 saturated carbocycles. The van der Waals surface area contributed by atoms with Gasteiger partial charge in [0.25, 0.3) is 0 Å². The molecule has 0 aromatic heterocycles. The van der Waals surface area contributed by atoms with E-state index < -0.39 is 23.9 Å². The van der Waals surface area contributed by atoms with Crippen LogP contribution in [0.25, 0.3) is 10.4 Å². The van der Waals surface area contributed by atoms with Crippen LogP contribution in [0.5, 0.6) is 0 Å². The van der Waals surface area contributed by atoms with E-state index in [0.717, 1.165) is 24.8 Å². The fourth-order valence-corrected chi connectivity index (χ4v) is 7.25. The van der Waals surface area contributed by atoms with Crippen LogP contribution in [-0.2, 0) is 42.7 Å². The van der Waals surface area contributed by atoms with E-state index in [1.807, 2.05) is 26.0 Å². The molecule has 15 heteroatoms. The number of allylic oxidation sites excluding steroid dienone is 3. The van der Waals surface area contributed by atoms with Gasteiger partial charge in [-0.15, -0.1) is 0 Å². The highest BCUT2D eigenvalue weighted by molar-refractivity contribution is 5.90. The Morgan fingerprint density at radius 2 is 1.82 bits per heavy atom. The van der Waals surface area contributed by atoms with E-state index in [-0.39, 0.29) is 47.6 Å². The Balaban J connectivity index is 1.05. The van der Waals surface area contributed by atoms with Gasteiger partial charge in [0, 0.05) is 56.3 Å². The third-order valence-electron chi connectivity index (χ3n) is 10.8. The second kappa shape index (κ2) is 23.2. The number of epoxide rings is 1. The summed E-state index contributed by atoms with van der Waals surface area (Å²) in [6.07, 6.45) is 11.3. The molecule has 0 aromatic carbocycles. The fraction of sp³-hybridized carbons (Fsp3) is 0.775. The van der Waals surface area contributed by atoms with Crippen molar-refractivity contribution in [1.82, 2.24) is 4.90 Å². The molecule has 15 nitrogen and oxygen atoms in total. The highest BCUT2D eigenvalue weighted by atomic mass is 16.6. The van der Waals surface area contributed by atoms with Crippen LogP contribution in [0.1, 0.15) is 72.6 Å². The van der Waals surface area contributed by atoms with Gasteiger partial charge >= 0.3 is 6.09 Å². The first-order chi connectivity index (χ1) is 26.5. The number of ketones is 2. The van der Waals surface area contributed by atoms with E-state index in [1.54, 1.807) is 17.9 Å². The zero-order valence-corrected chi connectivity index (χ0v) is 33.1. The number of aliphatic hydroxyl groups is 1. The van der Waals surface area contributed by atoms with Gasteiger partial charge in [0.05, 0.1) is 58.5 Å². The minimum absolute atomic E-state index is 0.0336. The number of rotatable bonds is 23. The third-order valence-corrected chi connectivity index (χ3v) is 10.8. The van der Waals surface area contributed by atoms with Gasteiger partial charge in [0.15, 0.2) is 5.78 Å². The fourth-order valence-electron chi connectivity index (χ4n) is 7.25. The van der Waals surface area contributed by atoms with Gasteiger partial charge in [0.2, 0.25) is 0 Å². The van der Waals surface area contributed by atoms with Crippen molar-refractivity contribution in [3.63, 3.8) is 0 Å². The standard InChI is InChI=1S/C40H62N4O11/c1-28(8-12-37-38(47)40(27-53-40)14-18-52-37)7-11-36-29(2)24-33(31(4)55-36)25-34(45)10-9-30(3)54-39(48)44-16-13-32(26-44)35(46)6-5-17-49-20-22-51-23-21-50-19-15-42-43-41/h7-10,12,29-33,36-38,47H,5-6,11,13-27H2,1-4H3/b10-9-,12-8+,28-7+/t29-,30-,31+,32+,33-,36-,37?,38+,40+/m0/s1. The number of hydrogen-bond donors (Lipinski definition) is 1. The maximum absolute atomic E-state index is 12.9. The largest absolute Gasteiger partial charge is 0.442 e. The maximum Gasteiger partial charge on any atom is 0.410 e. The predicted molar refractivity (Wildman–Crippen MR) is 203 cm³/mol. The van der Waals surface area contributed by atoms with Crippen molar-refractivity contribution in [1.29, 1.82) is 0 Å². The molecule has 9 atom stereocenters. The Kier molecular flexibility index (Phi) is 18.8. The van der Waals surface area contributed by atoms with Crippen molar-refractivity contribution < 1.29 is 52.6 Å². The number of amides is 1. The molecule has 4 rings (SSSR count). The number of ether oxygens (including phenoxy) is 7. The average Bonchev–Trinajstić information content (AvgIpc) is 3.76. The molecule has 4 saturated heterocycles. The summed E-state index contributed by atoms with van der Waals surface area (Å²) in [4.78, 5) is 42.6. The summed E-state index contributed by atoms with van der Waals surface area (Å²) >= 11 is 0. The monoisotopic (exact) mass is 774 g/mol. The van der Waals surface area contributed by atoms with Gasteiger partial charge in [0.1, 0.15) is 29.7 Å². The first-order valence-electron chi connectivity index (χ1n) is 19.9. The molecule has 1 spiro atoms. The zero-order chi connectivity index (χ0) is 39.6. The Hall–Kier alpha value is -3.14. The van der Waals surface area contributed by atoms with E-state index >= 15 is 0 Å². The van der Waals surface area contributed by atoms with Crippen LogP contribution < -0.4 is 0 Å². The minimum Gasteiger partial charge on any atom is -0.442 e. The zero-order valence-electron chi connectivity index (χ0n) is 33.1. The summed E-state index contributed by atoms with van der Waals surface area (Å²) in [5.41, 5.74) is 8.86. The second-order valence-electron chi connectivity index (χ2n) is 15.2. The highest BCUT2D eigenvalue weighted by Crippen LogP contribution is 2.40. The second-order valence-corrected chi connectivity index (χ2v) is 15.2. The molecule has 4 heterocycles. The van der Waals surface area contributed by atoms with Crippen molar-refractivity contribution in [2.75, 3.05) is 72.5 Å². The Bertz CT molecular complexity index is 1380. The van der Waals surface area contributed by atoms with Crippen molar-refractivity contribution in [2.45, 2.75) is 109 Å². The first kappa shape index (κ1) is 44.6. The van der Waals surface area contributed by atoms with Gasteiger partial charge in [-0.3, -0.25) is 9.59 Å². The quantitative estimate of drug-likeness (QED) is 0.0270. The molecule has 0 radical (unpaired) electrons. The molecule has 0 bridgehead atoms. The van der Waals surface area contributed by atoms with Crippen LogP contribution in [0.2, 0.25) is 0 Å². The lowest BCUT2D eigenvalue weighted by molar-refractivity contribution is -0.125. The number of carbonyl (C=O) groups is 3. The molecular weight excluding hydrogens is 712 g/mol. The van der Waals surface area contributed by atoms with Crippen molar-refractivity contribution in [3.8, 4) is 0 Å². The van der Waals surface area contributed by atoms with Crippen molar-refractivity contribution in [2.24, 2.45) is 22.9 Å². The molecule has 308 valence electrons. The molecule has 4 aliphatic heterocycles. The summed E-state index contributed by atoms with van der Waals surface area (Å²) in [5, 5.41) is 14.0. The molecule has 1 amide bonds. The third kappa shape index (κ3) is 15.0. The SMILES string of the molecule is CC(/C=C/C1OCC[C@@]2(CO2)[C@@H]1O)=C\C[C@@H]1O[C@H](C)[C@H](CC(=O)/C=C\[C@H](C)OC(=O)N2CC[C@@H](C(=O)CCCOCCOCCOCCN=[N+]=[N-])C2)C[C@@H]1C. The summed E-state index contributed by atoms with van der Waals surface area (Å²) < 4.78 is 39.4. The normalized spacial score (nSPS) is 30.2. The van der Waals surface area contributed by atoms with E-state index in [9.17, 15) is 19.5 Å². The predicted octanol–water partition coefficient (Wildman–Crippen LogP) is 5.30. The number of likely N-dealkylation sites (tertiary alicyclic amines) is 1. The summed E-state index contributed by atoms with van der Waals surface area (Å²) in [6.45, 7) is 12.7. The van der Waals surface area contributed by atoms with Gasteiger partial charge in [-0.05, 0) is 76.0 Å². The number of aliphatic hydroxyl groups excluding tert-OH is 1. The molecule has 55 heavy (non-hydrogen) atoms. The van der Waals surface area contributed by atoms with Crippen molar-refractivity contribution >= 4 is 17.7 Å². The van der Waals surface area contributed by atoms with E-state index in [2.05, 4.69) is 23.0 Å². The Morgan fingerprint density at radius 3 is 2.55 bits per heavy atom. The maximum atomic E-state index is 12.9. The smallest absolute Gasteiger partial charge is 0.410 e. The molecule has 0 aliphatic carbocycles. The summed E-state index contributed by atoms with van der Waals surface area (Å²) in [7, 11) is 0. The number of Topliss-reactive ketones (excluding diaryl/α,β-unsaturated/α-hetero) is 1. The number of hydrogen-bond acceptors (Lipinski definition) is 12. The number of carbonyl (C=O) groups excluding carboxylic acids is 3. The van der Waals surface area contributed by atoms with Gasteiger partial charge < -0.3 is 43.2 Å². The van der Waals surface area contributed by atoms with Gasteiger partial charge in [-0.2, -0.15) is 0 Å². The Labute approximate surface area is 325 Å².